The zero-order chi connectivity index (χ0) is 13.8. The second-order valence-corrected chi connectivity index (χ2v) is 4.98. The van der Waals surface area contributed by atoms with Crippen LogP contribution in [0.2, 0.25) is 0 Å². The molecule has 102 valence electrons. The van der Waals surface area contributed by atoms with Gasteiger partial charge in [0.15, 0.2) is 5.65 Å². The van der Waals surface area contributed by atoms with Gasteiger partial charge in [0, 0.05) is 17.8 Å². The molecule has 0 aromatic carbocycles. The van der Waals surface area contributed by atoms with Crippen molar-refractivity contribution >= 4 is 11.2 Å². The first-order valence-corrected chi connectivity index (χ1v) is 6.91. The number of aromatic nitrogens is 3. The SMILES string of the molecule is N#CC=CCc1c[nH]c2ncc(OC3CCCC3)nc12. The molecule has 20 heavy (non-hydrogen) atoms. The van der Waals surface area contributed by atoms with Gasteiger partial charge in [0.2, 0.25) is 5.88 Å². The molecular formula is C15H16N4O. The van der Waals surface area contributed by atoms with E-state index < -0.39 is 0 Å². The molecule has 1 saturated carbocycles. The fourth-order valence-corrected chi connectivity index (χ4v) is 2.55. The molecule has 0 spiro atoms. The number of allylic oxidation sites excluding steroid dienone is 2. The van der Waals surface area contributed by atoms with Crippen LogP contribution in [-0.2, 0) is 6.42 Å². The van der Waals surface area contributed by atoms with Crippen LogP contribution in [0.3, 0.4) is 0 Å². The number of ether oxygens (including phenoxy) is 1. The molecule has 2 aromatic heterocycles. The van der Waals surface area contributed by atoms with Gasteiger partial charge in [-0.05, 0) is 32.1 Å². The summed E-state index contributed by atoms with van der Waals surface area (Å²) in [6, 6.07) is 1.99. The van der Waals surface area contributed by atoms with Gasteiger partial charge in [0.1, 0.15) is 11.6 Å². The minimum Gasteiger partial charge on any atom is -0.473 e. The van der Waals surface area contributed by atoms with Crippen molar-refractivity contribution in [1.82, 2.24) is 15.0 Å². The molecule has 0 atom stereocenters. The number of rotatable bonds is 4. The monoisotopic (exact) mass is 268 g/mol. The molecule has 5 heteroatoms. The van der Waals surface area contributed by atoms with Crippen molar-refractivity contribution in [1.29, 1.82) is 5.26 Å². The maximum atomic E-state index is 8.52. The second-order valence-electron chi connectivity index (χ2n) is 4.98. The van der Waals surface area contributed by atoms with E-state index in [2.05, 4.69) is 15.0 Å². The smallest absolute Gasteiger partial charge is 0.233 e. The van der Waals surface area contributed by atoms with E-state index >= 15 is 0 Å². The van der Waals surface area contributed by atoms with Crippen molar-refractivity contribution < 1.29 is 4.74 Å². The third-order valence-electron chi connectivity index (χ3n) is 3.56. The molecular weight excluding hydrogens is 252 g/mol. The van der Waals surface area contributed by atoms with Gasteiger partial charge in [-0.25, -0.2) is 9.97 Å². The third kappa shape index (κ3) is 2.64. The molecule has 2 aromatic rings. The summed E-state index contributed by atoms with van der Waals surface area (Å²) < 4.78 is 5.88. The molecule has 5 nitrogen and oxygen atoms in total. The topological polar surface area (TPSA) is 74.6 Å². The fourth-order valence-electron chi connectivity index (χ4n) is 2.55. The Labute approximate surface area is 117 Å². The summed E-state index contributed by atoms with van der Waals surface area (Å²) in [7, 11) is 0. The highest BCUT2D eigenvalue weighted by Crippen LogP contribution is 2.24. The van der Waals surface area contributed by atoms with E-state index in [1.54, 1.807) is 6.20 Å². The zero-order valence-corrected chi connectivity index (χ0v) is 11.2. The van der Waals surface area contributed by atoms with Crippen molar-refractivity contribution in [2.45, 2.75) is 38.2 Å². The highest BCUT2D eigenvalue weighted by atomic mass is 16.5. The van der Waals surface area contributed by atoms with Crippen molar-refractivity contribution in [2.75, 3.05) is 0 Å². The molecule has 0 unspecified atom stereocenters. The molecule has 0 amide bonds. The lowest BCUT2D eigenvalue weighted by atomic mass is 10.2. The van der Waals surface area contributed by atoms with E-state index in [9.17, 15) is 0 Å². The predicted molar refractivity (Wildman–Crippen MR) is 75.2 cm³/mol. The van der Waals surface area contributed by atoms with Crippen LogP contribution in [0.4, 0.5) is 0 Å². The number of H-pyrrole nitrogens is 1. The van der Waals surface area contributed by atoms with Crippen LogP contribution in [-0.4, -0.2) is 21.1 Å². The van der Waals surface area contributed by atoms with Gasteiger partial charge in [-0.1, -0.05) is 6.08 Å². The number of hydrogen-bond donors (Lipinski definition) is 1. The maximum Gasteiger partial charge on any atom is 0.233 e. The first-order chi connectivity index (χ1) is 9.86. The fraction of sp³-hybridized carbons (Fsp3) is 0.400. The molecule has 0 radical (unpaired) electrons. The molecule has 1 fully saturated rings. The van der Waals surface area contributed by atoms with E-state index in [1.165, 1.54) is 18.9 Å². The molecule has 0 bridgehead atoms. The minimum absolute atomic E-state index is 0.280. The Bertz CT molecular complexity index is 662. The van der Waals surface area contributed by atoms with Crippen LogP contribution in [0, 0.1) is 11.3 Å². The van der Waals surface area contributed by atoms with Gasteiger partial charge in [-0.3, -0.25) is 0 Å². The third-order valence-corrected chi connectivity index (χ3v) is 3.56. The highest BCUT2D eigenvalue weighted by molar-refractivity contribution is 5.75. The van der Waals surface area contributed by atoms with E-state index in [0.29, 0.717) is 12.3 Å². The normalized spacial score (nSPS) is 15.9. The summed E-state index contributed by atoms with van der Waals surface area (Å²) in [6.07, 6.45) is 12.5. The number of aromatic amines is 1. The van der Waals surface area contributed by atoms with Gasteiger partial charge >= 0.3 is 0 Å². The number of hydrogen-bond acceptors (Lipinski definition) is 4. The summed E-state index contributed by atoms with van der Waals surface area (Å²) in [5, 5.41) is 8.52. The molecule has 0 aliphatic heterocycles. The molecule has 0 saturated heterocycles. The molecule has 2 heterocycles. The second kappa shape index (κ2) is 5.74. The molecule has 1 aliphatic rings. The quantitative estimate of drug-likeness (QED) is 0.865. The van der Waals surface area contributed by atoms with Gasteiger partial charge in [-0.2, -0.15) is 5.26 Å². The first kappa shape index (κ1) is 12.7. The van der Waals surface area contributed by atoms with Gasteiger partial charge in [0.25, 0.3) is 0 Å². The summed E-state index contributed by atoms with van der Waals surface area (Å²) in [4.78, 5) is 12.0. The van der Waals surface area contributed by atoms with Crippen molar-refractivity contribution in [3.63, 3.8) is 0 Å². The number of nitrogens with zero attached hydrogens (tertiary/aromatic N) is 3. The lowest BCUT2D eigenvalue weighted by Gasteiger charge is -2.11. The van der Waals surface area contributed by atoms with Crippen LogP contribution in [0.1, 0.15) is 31.2 Å². The van der Waals surface area contributed by atoms with E-state index in [0.717, 1.165) is 29.6 Å². The average molecular weight is 268 g/mol. The number of fused-ring (bicyclic) bond motifs is 1. The van der Waals surface area contributed by atoms with Crippen molar-refractivity contribution in [2.24, 2.45) is 0 Å². The Morgan fingerprint density at radius 3 is 3.10 bits per heavy atom. The minimum atomic E-state index is 0.280. The Kier molecular flexibility index (Phi) is 3.64. The van der Waals surface area contributed by atoms with Gasteiger partial charge in [-0.15, -0.1) is 0 Å². The number of nitriles is 1. The van der Waals surface area contributed by atoms with E-state index in [4.69, 9.17) is 10.00 Å². The Morgan fingerprint density at radius 2 is 2.30 bits per heavy atom. The Balaban J connectivity index is 1.82. The molecule has 3 rings (SSSR count). The lowest BCUT2D eigenvalue weighted by molar-refractivity contribution is 0.201. The standard InChI is InChI=1S/C15H16N4O/c16-8-4-3-5-11-9-17-15-14(11)19-13(10-18-15)20-12-6-1-2-7-12/h3-4,9-10,12H,1-2,5-7H2,(H,17,18). The first-order valence-electron chi connectivity index (χ1n) is 6.91. The van der Waals surface area contributed by atoms with Crippen LogP contribution in [0.15, 0.2) is 24.5 Å². The van der Waals surface area contributed by atoms with Crippen LogP contribution < -0.4 is 4.74 Å². The van der Waals surface area contributed by atoms with Crippen LogP contribution in [0.5, 0.6) is 5.88 Å². The van der Waals surface area contributed by atoms with Gasteiger partial charge < -0.3 is 9.72 Å². The van der Waals surface area contributed by atoms with E-state index in [1.807, 2.05) is 18.3 Å². The van der Waals surface area contributed by atoms with Gasteiger partial charge in [0.05, 0.1) is 12.3 Å². The Morgan fingerprint density at radius 1 is 1.45 bits per heavy atom. The van der Waals surface area contributed by atoms with Crippen LogP contribution >= 0.6 is 0 Å². The summed E-state index contributed by atoms with van der Waals surface area (Å²) in [6.45, 7) is 0. The largest absolute Gasteiger partial charge is 0.473 e. The van der Waals surface area contributed by atoms with Crippen molar-refractivity contribution in [3.05, 3.63) is 30.1 Å². The maximum absolute atomic E-state index is 8.52. The van der Waals surface area contributed by atoms with Crippen LogP contribution in [0.25, 0.3) is 11.2 Å². The lowest BCUT2D eigenvalue weighted by Crippen LogP contribution is -2.12. The molecule has 1 aliphatic carbocycles. The number of nitrogens with one attached hydrogen (secondary N) is 1. The summed E-state index contributed by atoms with van der Waals surface area (Å²) in [5.74, 6) is 0.592. The summed E-state index contributed by atoms with van der Waals surface area (Å²) >= 11 is 0. The predicted octanol–water partition coefficient (Wildman–Crippen LogP) is 2.90. The summed E-state index contributed by atoms with van der Waals surface area (Å²) in [5.41, 5.74) is 2.60. The zero-order valence-electron chi connectivity index (χ0n) is 11.2. The average Bonchev–Trinajstić information content (AvgIpc) is 3.09. The highest BCUT2D eigenvalue weighted by Gasteiger charge is 2.17. The Hall–Kier alpha value is -2.35. The molecule has 1 N–H and O–H groups in total. The van der Waals surface area contributed by atoms with Crippen molar-refractivity contribution in [3.8, 4) is 11.9 Å². The van der Waals surface area contributed by atoms with E-state index in [-0.39, 0.29) is 6.10 Å².